The molecule has 0 amide bonds. The van der Waals surface area contributed by atoms with E-state index in [1.807, 2.05) is 37.3 Å². The molecule has 0 unspecified atom stereocenters. The van der Waals surface area contributed by atoms with Crippen LogP contribution in [0.5, 0.6) is 0 Å². The van der Waals surface area contributed by atoms with Gasteiger partial charge < -0.3 is 14.8 Å². The van der Waals surface area contributed by atoms with Crippen LogP contribution in [0.1, 0.15) is 12.5 Å². The summed E-state index contributed by atoms with van der Waals surface area (Å²) < 4.78 is 11.2. The molecular formula is C17H29NO3Si. The van der Waals surface area contributed by atoms with Crippen LogP contribution in [0.2, 0.25) is 25.7 Å². The second kappa shape index (κ2) is 9.08. The fourth-order valence-electron chi connectivity index (χ4n) is 1.99. The topological polar surface area (TPSA) is 47.6 Å². The summed E-state index contributed by atoms with van der Waals surface area (Å²) in [5, 5.41) is 3.00. The van der Waals surface area contributed by atoms with E-state index in [4.69, 9.17) is 9.47 Å². The third-order valence-electron chi connectivity index (χ3n) is 3.49. The summed E-state index contributed by atoms with van der Waals surface area (Å²) in [5.74, 6) is -0.235. The molecule has 0 spiro atoms. The zero-order chi connectivity index (χ0) is 16.6. The third-order valence-corrected chi connectivity index (χ3v) is 5.19. The van der Waals surface area contributed by atoms with Crippen molar-refractivity contribution in [3.8, 4) is 0 Å². The second-order valence-corrected chi connectivity index (χ2v) is 12.4. The highest BCUT2D eigenvalue weighted by atomic mass is 28.3. The van der Waals surface area contributed by atoms with Gasteiger partial charge in [0, 0.05) is 8.07 Å². The van der Waals surface area contributed by atoms with Gasteiger partial charge in [0.05, 0.1) is 19.3 Å². The Morgan fingerprint density at radius 3 is 2.41 bits per heavy atom. The van der Waals surface area contributed by atoms with Crippen molar-refractivity contribution in [1.29, 1.82) is 0 Å². The largest absolute Gasteiger partial charge is 0.465 e. The van der Waals surface area contributed by atoms with Gasteiger partial charge >= 0.3 is 5.97 Å². The van der Waals surface area contributed by atoms with E-state index < -0.39 is 14.1 Å². The van der Waals surface area contributed by atoms with Crippen LogP contribution < -0.4 is 5.32 Å². The van der Waals surface area contributed by atoms with E-state index in [0.717, 1.165) is 11.6 Å². The number of esters is 1. The monoisotopic (exact) mass is 323 g/mol. The Kier molecular flexibility index (Phi) is 7.79. The number of ether oxygens (including phenoxy) is 2. The fraction of sp³-hybridized carbons (Fsp3) is 0.588. The minimum Gasteiger partial charge on any atom is -0.465 e. The molecule has 1 aromatic carbocycles. The predicted octanol–water partition coefficient (Wildman–Crippen LogP) is 3.06. The van der Waals surface area contributed by atoms with Gasteiger partial charge in [0.1, 0.15) is 6.04 Å². The Morgan fingerprint density at radius 1 is 1.23 bits per heavy atom. The Morgan fingerprint density at radius 2 is 1.86 bits per heavy atom. The van der Waals surface area contributed by atoms with Crippen LogP contribution in [0.4, 0.5) is 0 Å². The Hall–Kier alpha value is -1.17. The molecule has 0 fully saturated rings. The maximum absolute atomic E-state index is 12.2. The van der Waals surface area contributed by atoms with E-state index in [9.17, 15) is 4.79 Å². The molecule has 0 saturated carbocycles. The molecule has 0 saturated heterocycles. The number of carbonyl (C=O) groups excluding carboxylic acids is 1. The Balaban J connectivity index is 2.42. The van der Waals surface area contributed by atoms with Crippen LogP contribution >= 0.6 is 0 Å². The van der Waals surface area contributed by atoms with Gasteiger partial charge in [-0.05, 0) is 25.6 Å². The van der Waals surface area contributed by atoms with Crippen LogP contribution in [0.3, 0.4) is 0 Å². The summed E-state index contributed by atoms with van der Waals surface area (Å²) in [6, 6.07) is 10.5. The second-order valence-electron chi connectivity index (χ2n) is 6.75. The highest BCUT2D eigenvalue weighted by Crippen LogP contribution is 2.10. The lowest BCUT2D eigenvalue weighted by Gasteiger charge is -2.23. The van der Waals surface area contributed by atoms with Crippen LogP contribution in [0.25, 0.3) is 0 Å². The van der Waals surface area contributed by atoms with Crippen LogP contribution in [-0.4, -0.2) is 39.8 Å². The smallest absolute Gasteiger partial charge is 0.325 e. The maximum atomic E-state index is 12.2. The quantitative estimate of drug-likeness (QED) is 0.560. The molecule has 22 heavy (non-hydrogen) atoms. The zero-order valence-electron chi connectivity index (χ0n) is 14.4. The Labute approximate surface area is 135 Å². The molecule has 0 radical (unpaired) electrons. The van der Waals surface area contributed by atoms with E-state index in [1.54, 1.807) is 7.05 Å². The molecule has 4 nitrogen and oxygen atoms in total. The molecule has 1 rings (SSSR count). The summed E-state index contributed by atoms with van der Waals surface area (Å²) in [4.78, 5) is 12.2. The molecule has 2 atom stereocenters. The van der Waals surface area contributed by atoms with Gasteiger partial charge in [0.2, 0.25) is 0 Å². The van der Waals surface area contributed by atoms with Gasteiger partial charge in [-0.25, -0.2) is 0 Å². The lowest BCUT2D eigenvalue weighted by molar-refractivity contribution is -0.149. The summed E-state index contributed by atoms with van der Waals surface area (Å²) in [6.07, 6.45) is -0.246. The van der Waals surface area contributed by atoms with Crippen molar-refractivity contribution in [3.63, 3.8) is 0 Å². The molecule has 0 aromatic heterocycles. The van der Waals surface area contributed by atoms with Crippen molar-refractivity contribution in [2.45, 2.75) is 51.4 Å². The SMILES string of the molecule is CN[C@H](C(=O)OCC[Si](C)(C)C)[C@@H](C)OCc1ccccc1. The lowest BCUT2D eigenvalue weighted by Crippen LogP contribution is -2.45. The summed E-state index contributed by atoms with van der Waals surface area (Å²) in [7, 11) is 0.572. The average molecular weight is 324 g/mol. The highest BCUT2D eigenvalue weighted by Gasteiger charge is 2.26. The van der Waals surface area contributed by atoms with E-state index in [2.05, 4.69) is 25.0 Å². The van der Waals surface area contributed by atoms with Crippen LogP contribution in [0, 0.1) is 0 Å². The van der Waals surface area contributed by atoms with Crippen LogP contribution in [0.15, 0.2) is 30.3 Å². The minimum absolute atomic E-state index is 0.235. The molecule has 0 bridgehead atoms. The first-order valence-corrected chi connectivity index (χ1v) is 11.5. The van der Waals surface area contributed by atoms with Gasteiger partial charge in [-0.2, -0.15) is 0 Å². The minimum atomic E-state index is -1.18. The number of benzene rings is 1. The number of hydrogen-bond donors (Lipinski definition) is 1. The van der Waals surface area contributed by atoms with Crippen molar-refractivity contribution >= 4 is 14.0 Å². The number of hydrogen-bond acceptors (Lipinski definition) is 4. The third kappa shape index (κ3) is 7.20. The number of rotatable bonds is 9. The van der Waals surface area contributed by atoms with Crippen molar-refractivity contribution in [3.05, 3.63) is 35.9 Å². The van der Waals surface area contributed by atoms with Crippen LogP contribution in [-0.2, 0) is 20.9 Å². The van der Waals surface area contributed by atoms with Crippen molar-refractivity contribution in [1.82, 2.24) is 5.32 Å². The number of carbonyl (C=O) groups is 1. The summed E-state index contributed by atoms with van der Waals surface area (Å²) in [6.45, 7) is 9.68. The molecule has 1 aromatic rings. The lowest BCUT2D eigenvalue weighted by atomic mass is 10.2. The average Bonchev–Trinajstić information content (AvgIpc) is 2.45. The van der Waals surface area contributed by atoms with Gasteiger partial charge in [-0.3, -0.25) is 4.79 Å². The molecule has 5 heteroatoms. The van der Waals surface area contributed by atoms with Crippen molar-refractivity contribution < 1.29 is 14.3 Å². The zero-order valence-corrected chi connectivity index (χ0v) is 15.4. The van der Waals surface area contributed by atoms with E-state index in [1.165, 1.54) is 0 Å². The maximum Gasteiger partial charge on any atom is 0.325 e. The van der Waals surface area contributed by atoms with E-state index in [0.29, 0.717) is 13.2 Å². The standard InChI is InChI=1S/C17H29NO3Si/c1-14(21-13-15-9-7-6-8-10-15)16(18-2)17(19)20-11-12-22(3,4)5/h6-10,14,16,18H,11-13H2,1-5H3/t14-,16+/m1/s1. The van der Waals surface area contributed by atoms with Gasteiger partial charge in [-0.15, -0.1) is 0 Å². The first-order chi connectivity index (χ1) is 10.3. The van der Waals surface area contributed by atoms with Crippen molar-refractivity contribution in [2.24, 2.45) is 0 Å². The molecule has 0 heterocycles. The predicted molar refractivity (Wildman–Crippen MR) is 92.7 cm³/mol. The summed E-state index contributed by atoms with van der Waals surface area (Å²) in [5.41, 5.74) is 1.09. The van der Waals surface area contributed by atoms with E-state index >= 15 is 0 Å². The summed E-state index contributed by atoms with van der Waals surface area (Å²) >= 11 is 0. The number of nitrogens with one attached hydrogen (secondary N) is 1. The van der Waals surface area contributed by atoms with Crippen molar-refractivity contribution in [2.75, 3.05) is 13.7 Å². The van der Waals surface area contributed by atoms with E-state index in [-0.39, 0.29) is 12.1 Å². The van der Waals surface area contributed by atoms with Gasteiger partial charge in [0.15, 0.2) is 0 Å². The van der Waals surface area contributed by atoms with Gasteiger partial charge in [-0.1, -0.05) is 50.0 Å². The fourth-order valence-corrected chi connectivity index (χ4v) is 2.70. The molecule has 124 valence electrons. The molecule has 0 aliphatic rings. The normalized spacial score (nSPS) is 14.4. The molecule has 1 N–H and O–H groups in total. The Bertz CT molecular complexity index is 445. The number of likely N-dealkylation sites (N-methyl/N-ethyl adjacent to an activating group) is 1. The first-order valence-electron chi connectivity index (χ1n) is 7.83. The molecule has 0 aliphatic carbocycles. The first kappa shape index (κ1) is 18.9. The van der Waals surface area contributed by atoms with Gasteiger partial charge in [0.25, 0.3) is 0 Å². The highest BCUT2D eigenvalue weighted by molar-refractivity contribution is 6.76. The molecule has 0 aliphatic heterocycles. The molecular weight excluding hydrogens is 294 g/mol.